The van der Waals surface area contributed by atoms with Crippen LogP contribution in [0.25, 0.3) is 0 Å². The van der Waals surface area contributed by atoms with Crippen LogP contribution in [-0.2, 0) is 17.6 Å². The van der Waals surface area contributed by atoms with Crippen LogP contribution in [0.1, 0.15) is 21.1 Å². The number of carbonyl (C=O) groups is 1. The van der Waals surface area contributed by atoms with Crippen molar-refractivity contribution in [1.82, 2.24) is 15.6 Å². The first-order valence-corrected chi connectivity index (χ1v) is 9.67. The number of ether oxygens (including phenoxy) is 1. The maximum Gasteiger partial charge on any atom is 0.255 e. The minimum absolute atomic E-state index is 0.108. The summed E-state index contributed by atoms with van der Waals surface area (Å²) in [6.45, 7) is 5.58. The molecule has 0 aliphatic carbocycles. The van der Waals surface area contributed by atoms with Crippen molar-refractivity contribution < 1.29 is 9.53 Å². The lowest BCUT2D eigenvalue weighted by atomic mass is 10.1. The number of aromatic nitrogens is 1. The summed E-state index contributed by atoms with van der Waals surface area (Å²) in [5.74, 6) is 0.930. The second-order valence-corrected chi connectivity index (χ2v) is 7.36. The third-order valence-electron chi connectivity index (χ3n) is 3.94. The molecule has 0 fully saturated rings. The van der Waals surface area contributed by atoms with E-state index in [9.17, 15) is 4.79 Å². The SMILES string of the molecule is CN=C(NCCc1ccc(OCC(N)=O)cc1)NCCc1nc(C)c(C)s1. The summed E-state index contributed by atoms with van der Waals surface area (Å²) in [6, 6.07) is 7.62. The van der Waals surface area contributed by atoms with Crippen molar-refractivity contribution in [3.8, 4) is 5.75 Å². The zero-order valence-electron chi connectivity index (χ0n) is 16.0. The fraction of sp³-hybridized carbons (Fsp3) is 0.421. The quantitative estimate of drug-likeness (QED) is 0.446. The van der Waals surface area contributed by atoms with Gasteiger partial charge in [0.1, 0.15) is 5.75 Å². The molecule has 1 aromatic carbocycles. The fourth-order valence-corrected chi connectivity index (χ4v) is 3.32. The van der Waals surface area contributed by atoms with Gasteiger partial charge in [0.15, 0.2) is 12.6 Å². The molecule has 0 aliphatic rings. The molecule has 1 amide bonds. The number of aryl methyl sites for hydroxylation is 2. The van der Waals surface area contributed by atoms with E-state index in [4.69, 9.17) is 10.5 Å². The number of nitrogens with zero attached hydrogens (tertiary/aromatic N) is 2. The molecule has 146 valence electrons. The number of amides is 1. The highest BCUT2D eigenvalue weighted by molar-refractivity contribution is 7.11. The van der Waals surface area contributed by atoms with Gasteiger partial charge < -0.3 is 21.1 Å². The van der Waals surface area contributed by atoms with E-state index in [-0.39, 0.29) is 6.61 Å². The monoisotopic (exact) mass is 389 g/mol. The number of guanidine groups is 1. The predicted octanol–water partition coefficient (Wildman–Crippen LogP) is 1.57. The van der Waals surface area contributed by atoms with Crippen molar-refractivity contribution in [2.24, 2.45) is 10.7 Å². The van der Waals surface area contributed by atoms with Gasteiger partial charge in [-0.05, 0) is 38.0 Å². The number of carbonyl (C=O) groups excluding carboxylic acids is 1. The van der Waals surface area contributed by atoms with Crippen LogP contribution in [0.3, 0.4) is 0 Å². The first-order chi connectivity index (χ1) is 13.0. The molecule has 0 bridgehead atoms. The van der Waals surface area contributed by atoms with Gasteiger partial charge in [-0.2, -0.15) is 0 Å². The minimum atomic E-state index is -0.484. The van der Waals surface area contributed by atoms with E-state index >= 15 is 0 Å². The molecule has 2 rings (SSSR count). The Morgan fingerprint density at radius 3 is 2.41 bits per heavy atom. The Kier molecular flexibility index (Phi) is 8.06. The predicted molar refractivity (Wildman–Crippen MR) is 109 cm³/mol. The summed E-state index contributed by atoms with van der Waals surface area (Å²) in [4.78, 5) is 20.8. The summed E-state index contributed by atoms with van der Waals surface area (Å²) in [5, 5.41) is 7.76. The van der Waals surface area contributed by atoms with Crippen LogP contribution in [-0.4, -0.2) is 43.6 Å². The van der Waals surface area contributed by atoms with Gasteiger partial charge in [-0.25, -0.2) is 4.98 Å². The van der Waals surface area contributed by atoms with Gasteiger partial charge in [-0.3, -0.25) is 9.79 Å². The molecular formula is C19H27N5O2S. The second-order valence-electron chi connectivity index (χ2n) is 6.07. The molecule has 0 radical (unpaired) electrons. The number of nitrogens with two attached hydrogens (primary N) is 1. The summed E-state index contributed by atoms with van der Waals surface area (Å²) in [7, 11) is 1.76. The Bertz CT molecular complexity index is 751. The van der Waals surface area contributed by atoms with Crippen molar-refractivity contribution in [3.05, 3.63) is 45.4 Å². The first-order valence-electron chi connectivity index (χ1n) is 8.85. The van der Waals surface area contributed by atoms with Crippen LogP contribution in [0.5, 0.6) is 5.75 Å². The Balaban J connectivity index is 1.68. The van der Waals surface area contributed by atoms with E-state index < -0.39 is 5.91 Å². The average molecular weight is 390 g/mol. The van der Waals surface area contributed by atoms with Gasteiger partial charge in [0.2, 0.25) is 0 Å². The lowest BCUT2D eigenvalue weighted by Crippen LogP contribution is -2.39. The third kappa shape index (κ3) is 7.26. The molecule has 1 heterocycles. The van der Waals surface area contributed by atoms with Crippen molar-refractivity contribution in [1.29, 1.82) is 0 Å². The number of benzene rings is 1. The number of rotatable bonds is 9. The van der Waals surface area contributed by atoms with E-state index in [1.165, 1.54) is 4.88 Å². The average Bonchev–Trinajstić information content (AvgIpc) is 2.97. The summed E-state index contributed by atoms with van der Waals surface area (Å²) >= 11 is 1.75. The third-order valence-corrected chi connectivity index (χ3v) is 5.07. The van der Waals surface area contributed by atoms with E-state index in [1.54, 1.807) is 18.4 Å². The lowest BCUT2D eigenvalue weighted by molar-refractivity contribution is -0.119. The highest BCUT2D eigenvalue weighted by atomic mass is 32.1. The van der Waals surface area contributed by atoms with Gasteiger partial charge in [0.05, 0.1) is 10.7 Å². The number of aliphatic imine (C=N–C) groups is 1. The van der Waals surface area contributed by atoms with Crippen molar-refractivity contribution >= 4 is 23.2 Å². The highest BCUT2D eigenvalue weighted by Crippen LogP contribution is 2.16. The van der Waals surface area contributed by atoms with Crippen LogP contribution < -0.4 is 21.1 Å². The Morgan fingerprint density at radius 1 is 1.19 bits per heavy atom. The van der Waals surface area contributed by atoms with Crippen LogP contribution in [0.15, 0.2) is 29.3 Å². The lowest BCUT2D eigenvalue weighted by Gasteiger charge is -2.11. The van der Waals surface area contributed by atoms with Gasteiger partial charge in [0.25, 0.3) is 5.91 Å². The highest BCUT2D eigenvalue weighted by Gasteiger charge is 2.04. The van der Waals surface area contributed by atoms with E-state index in [0.717, 1.165) is 48.2 Å². The smallest absolute Gasteiger partial charge is 0.255 e. The molecule has 0 aliphatic heterocycles. The van der Waals surface area contributed by atoms with Crippen LogP contribution >= 0.6 is 11.3 Å². The summed E-state index contributed by atoms with van der Waals surface area (Å²) in [5.41, 5.74) is 7.34. The Labute approximate surface area is 164 Å². The van der Waals surface area contributed by atoms with Crippen LogP contribution in [0.2, 0.25) is 0 Å². The van der Waals surface area contributed by atoms with E-state index in [0.29, 0.717) is 5.75 Å². The maximum atomic E-state index is 10.7. The fourth-order valence-electron chi connectivity index (χ4n) is 2.39. The zero-order valence-corrected chi connectivity index (χ0v) is 16.9. The molecule has 1 aromatic heterocycles. The number of hydrogen-bond donors (Lipinski definition) is 3. The molecule has 7 nitrogen and oxygen atoms in total. The van der Waals surface area contributed by atoms with Crippen LogP contribution in [0.4, 0.5) is 0 Å². The van der Waals surface area contributed by atoms with Crippen molar-refractivity contribution in [2.75, 3.05) is 26.7 Å². The topological polar surface area (TPSA) is 102 Å². The molecular weight excluding hydrogens is 362 g/mol. The number of hydrogen-bond acceptors (Lipinski definition) is 5. The van der Waals surface area contributed by atoms with E-state index in [2.05, 4.69) is 27.5 Å². The molecule has 0 unspecified atom stereocenters. The van der Waals surface area contributed by atoms with Crippen molar-refractivity contribution in [2.45, 2.75) is 26.7 Å². The Hall–Kier alpha value is -2.61. The standard InChI is InChI=1S/C19H27N5O2S/c1-13-14(2)27-18(24-13)9-11-23-19(21-3)22-10-8-15-4-6-16(7-5-15)26-12-17(20)25/h4-7H,8-12H2,1-3H3,(H2,20,25)(H2,21,22,23). The molecule has 0 saturated heterocycles. The number of primary amides is 1. The largest absolute Gasteiger partial charge is 0.484 e. The van der Waals surface area contributed by atoms with E-state index in [1.807, 2.05) is 31.2 Å². The first kappa shape index (κ1) is 20.7. The number of nitrogens with one attached hydrogen (secondary N) is 2. The molecule has 4 N–H and O–H groups in total. The number of thiazole rings is 1. The maximum absolute atomic E-state index is 10.7. The molecule has 8 heteroatoms. The second kappa shape index (κ2) is 10.5. The Morgan fingerprint density at radius 2 is 1.85 bits per heavy atom. The summed E-state index contributed by atoms with van der Waals surface area (Å²) in [6.07, 6.45) is 1.73. The molecule has 2 aromatic rings. The minimum Gasteiger partial charge on any atom is -0.484 e. The van der Waals surface area contributed by atoms with Gasteiger partial charge in [0, 0.05) is 31.4 Å². The molecule has 27 heavy (non-hydrogen) atoms. The summed E-state index contributed by atoms with van der Waals surface area (Å²) < 4.78 is 5.25. The van der Waals surface area contributed by atoms with Gasteiger partial charge >= 0.3 is 0 Å². The van der Waals surface area contributed by atoms with Gasteiger partial charge in [-0.15, -0.1) is 11.3 Å². The molecule has 0 atom stereocenters. The zero-order chi connectivity index (χ0) is 19.6. The molecule has 0 saturated carbocycles. The van der Waals surface area contributed by atoms with Crippen molar-refractivity contribution in [3.63, 3.8) is 0 Å². The van der Waals surface area contributed by atoms with Crippen LogP contribution in [0, 0.1) is 13.8 Å². The van der Waals surface area contributed by atoms with Gasteiger partial charge in [-0.1, -0.05) is 12.1 Å². The normalized spacial score (nSPS) is 11.3. The molecule has 0 spiro atoms.